The van der Waals surface area contributed by atoms with Gasteiger partial charge in [0.05, 0.1) is 6.10 Å². The summed E-state index contributed by atoms with van der Waals surface area (Å²) in [5, 5.41) is 0. The molecule has 0 spiro atoms. The third-order valence-electron chi connectivity index (χ3n) is 4.63. The SMILES string of the molecule is C[Si](C)(C)OC1CCCCCCCCCCCCCCC1I. The zero-order chi connectivity index (χ0) is 16.3. The molecule has 0 aromatic heterocycles. The van der Waals surface area contributed by atoms with Gasteiger partial charge >= 0.3 is 0 Å². The topological polar surface area (TPSA) is 9.23 Å². The lowest BCUT2D eigenvalue weighted by molar-refractivity contribution is 0.176. The molecule has 0 amide bonds. The maximum Gasteiger partial charge on any atom is 0.184 e. The van der Waals surface area contributed by atoms with Gasteiger partial charge in [0.25, 0.3) is 0 Å². The van der Waals surface area contributed by atoms with E-state index in [1.807, 2.05) is 0 Å². The highest BCUT2D eigenvalue weighted by atomic mass is 127. The Morgan fingerprint density at radius 2 is 1.00 bits per heavy atom. The second-order valence-corrected chi connectivity index (χ2v) is 14.2. The van der Waals surface area contributed by atoms with Crippen LogP contribution >= 0.6 is 22.6 Å². The minimum atomic E-state index is -1.41. The number of hydrogen-bond donors (Lipinski definition) is 0. The van der Waals surface area contributed by atoms with Crippen LogP contribution in [0.5, 0.6) is 0 Å². The van der Waals surface area contributed by atoms with Gasteiger partial charge in [-0.15, -0.1) is 0 Å². The molecule has 1 fully saturated rings. The van der Waals surface area contributed by atoms with Crippen LogP contribution in [0.15, 0.2) is 0 Å². The van der Waals surface area contributed by atoms with Gasteiger partial charge in [-0.25, -0.2) is 0 Å². The Hall–Kier alpha value is 0.907. The fraction of sp³-hybridized carbons (Fsp3) is 1.00. The summed E-state index contributed by atoms with van der Waals surface area (Å²) >= 11 is 2.68. The predicted octanol–water partition coefficient (Wildman–Crippen LogP) is 7.49. The molecule has 0 radical (unpaired) electrons. The summed E-state index contributed by atoms with van der Waals surface area (Å²) in [7, 11) is -1.41. The van der Waals surface area contributed by atoms with Crippen molar-refractivity contribution in [2.24, 2.45) is 0 Å². The van der Waals surface area contributed by atoms with E-state index in [4.69, 9.17) is 4.43 Å². The van der Waals surface area contributed by atoms with E-state index in [1.165, 1.54) is 89.9 Å². The lowest BCUT2D eigenvalue weighted by Crippen LogP contribution is -2.36. The van der Waals surface area contributed by atoms with Crippen LogP contribution < -0.4 is 0 Å². The fourth-order valence-electron chi connectivity index (χ4n) is 3.41. The Labute approximate surface area is 154 Å². The third kappa shape index (κ3) is 11.4. The molecule has 0 heterocycles. The van der Waals surface area contributed by atoms with Crippen molar-refractivity contribution in [2.45, 2.75) is 120 Å². The van der Waals surface area contributed by atoms with Gasteiger partial charge in [-0.3, -0.25) is 0 Å². The van der Waals surface area contributed by atoms with Crippen molar-refractivity contribution in [3.8, 4) is 0 Å². The lowest BCUT2D eigenvalue weighted by atomic mass is 10.00. The van der Waals surface area contributed by atoms with Crippen molar-refractivity contribution in [2.75, 3.05) is 0 Å². The van der Waals surface area contributed by atoms with Crippen LogP contribution in [0.4, 0.5) is 0 Å². The predicted molar refractivity (Wildman–Crippen MR) is 111 cm³/mol. The van der Waals surface area contributed by atoms with E-state index in [9.17, 15) is 0 Å². The van der Waals surface area contributed by atoms with E-state index in [-0.39, 0.29) is 0 Å². The maximum absolute atomic E-state index is 6.53. The number of alkyl halides is 1. The van der Waals surface area contributed by atoms with Gasteiger partial charge in [0.2, 0.25) is 0 Å². The number of rotatable bonds is 2. The van der Waals surface area contributed by atoms with Crippen molar-refractivity contribution in [3.05, 3.63) is 0 Å². The Bertz CT molecular complexity index is 265. The molecule has 0 N–H and O–H groups in total. The first-order chi connectivity index (χ1) is 10.5. The van der Waals surface area contributed by atoms with Crippen LogP contribution in [-0.2, 0) is 4.43 Å². The standard InChI is InChI=1S/C19H39IOSi/c1-22(2,3)21-19-17-15-13-11-9-7-5-4-6-8-10-12-14-16-18(19)20/h18-19H,4-17H2,1-3H3. The second kappa shape index (κ2) is 12.3. The smallest absolute Gasteiger partial charge is 0.184 e. The summed E-state index contributed by atoms with van der Waals surface area (Å²) in [5.41, 5.74) is 0. The zero-order valence-electron chi connectivity index (χ0n) is 15.3. The molecule has 0 bridgehead atoms. The molecule has 1 rings (SSSR count). The summed E-state index contributed by atoms with van der Waals surface area (Å²) in [4.78, 5) is 0. The summed E-state index contributed by atoms with van der Waals surface area (Å²) in [5.74, 6) is 0. The average molecular weight is 439 g/mol. The monoisotopic (exact) mass is 438 g/mol. The minimum absolute atomic E-state index is 0.514. The van der Waals surface area contributed by atoms with E-state index in [2.05, 4.69) is 42.2 Å². The van der Waals surface area contributed by atoms with E-state index >= 15 is 0 Å². The van der Waals surface area contributed by atoms with E-state index < -0.39 is 8.32 Å². The average Bonchev–Trinajstić information content (AvgIpc) is 2.43. The molecule has 22 heavy (non-hydrogen) atoms. The number of halogens is 1. The highest BCUT2D eigenvalue weighted by molar-refractivity contribution is 14.1. The van der Waals surface area contributed by atoms with Crippen molar-refractivity contribution < 1.29 is 4.43 Å². The molecule has 132 valence electrons. The van der Waals surface area contributed by atoms with E-state index in [0.717, 1.165) is 3.92 Å². The Morgan fingerprint density at radius 1 is 0.636 bits per heavy atom. The molecular formula is C19H39IOSi. The third-order valence-corrected chi connectivity index (χ3v) is 7.06. The van der Waals surface area contributed by atoms with Crippen molar-refractivity contribution in [1.82, 2.24) is 0 Å². The summed E-state index contributed by atoms with van der Waals surface area (Å²) in [6.45, 7) is 7.03. The Balaban J connectivity index is 2.43. The normalized spacial score (nSPS) is 28.4. The Kier molecular flexibility index (Phi) is 11.7. The van der Waals surface area contributed by atoms with Crippen molar-refractivity contribution >= 4 is 30.9 Å². The molecule has 1 aliphatic rings. The molecule has 0 aliphatic heterocycles. The van der Waals surface area contributed by atoms with E-state index in [1.54, 1.807) is 0 Å². The molecule has 2 unspecified atom stereocenters. The first-order valence-electron chi connectivity index (χ1n) is 9.81. The van der Waals surface area contributed by atoms with Crippen LogP contribution in [0, 0.1) is 0 Å². The lowest BCUT2D eigenvalue weighted by Gasteiger charge is -2.30. The molecular weight excluding hydrogens is 399 g/mol. The van der Waals surface area contributed by atoms with Crippen LogP contribution in [0.1, 0.15) is 89.9 Å². The highest BCUT2D eigenvalue weighted by Gasteiger charge is 2.25. The first-order valence-corrected chi connectivity index (χ1v) is 14.5. The zero-order valence-corrected chi connectivity index (χ0v) is 18.5. The van der Waals surface area contributed by atoms with Crippen molar-refractivity contribution in [1.29, 1.82) is 0 Å². The summed E-state index contributed by atoms with van der Waals surface area (Å²) in [6, 6.07) is 0. The molecule has 0 aromatic carbocycles. The minimum Gasteiger partial charge on any atom is -0.414 e. The van der Waals surface area contributed by atoms with Gasteiger partial charge in [0, 0.05) is 3.92 Å². The van der Waals surface area contributed by atoms with Gasteiger partial charge in [-0.05, 0) is 32.5 Å². The quantitative estimate of drug-likeness (QED) is 0.247. The molecule has 0 saturated heterocycles. The van der Waals surface area contributed by atoms with Gasteiger partial charge in [0.1, 0.15) is 0 Å². The molecule has 3 heteroatoms. The van der Waals surface area contributed by atoms with Gasteiger partial charge in [-0.2, -0.15) is 0 Å². The van der Waals surface area contributed by atoms with Crippen LogP contribution in [-0.4, -0.2) is 18.3 Å². The van der Waals surface area contributed by atoms with Crippen LogP contribution in [0.2, 0.25) is 19.6 Å². The highest BCUT2D eigenvalue weighted by Crippen LogP contribution is 2.26. The van der Waals surface area contributed by atoms with Gasteiger partial charge < -0.3 is 4.43 Å². The summed E-state index contributed by atoms with van der Waals surface area (Å²) in [6.07, 6.45) is 20.4. The van der Waals surface area contributed by atoms with Gasteiger partial charge in [-0.1, -0.05) is 99.6 Å². The number of hydrogen-bond acceptors (Lipinski definition) is 1. The Morgan fingerprint density at radius 3 is 1.41 bits per heavy atom. The van der Waals surface area contributed by atoms with Gasteiger partial charge in [0.15, 0.2) is 8.32 Å². The molecule has 1 saturated carbocycles. The fourth-order valence-corrected chi connectivity index (χ4v) is 5.82. The molecule has 1 aliphatic carbocycles. The van der Waals surface area contributed by atoms with Crippen LogP contribution in [0.3, 0.4) is 0 Å². The molecule has 0 aromatic rings. The molecule has 2 atom stereocenters. The first kappa shape index (κ1) is 21.0. The van der Waals surface area contributed by atoms with Crippen molar-refractivity contribution in [3.63, 3.8) is 0 Å². The van der Waals surface area contributed by atoms with Crippen LogP contribution in [0.25, 0.3) is 0 Å². The summed E-state index contributed by atoms with van der Waals surface area (Å²) < 4.78 is 7.25. The molecule has 1 nitrogen and oxygen atoms in total. The second-order valence-electron chi connectivity index (χ2n) is 8.10. The maximum atomic E-state index is 6.53. The van der Waals surface area contributed by atoms with E-state index in [0.29, 0.717) is 6.10 Å². The largest absolute Gasteiger partial charge is 0.414 e.